The largest absolute Gasteiger partial charge is 0.342 e. The van der Waals surface area contributed by atoms with Gasteiger partial charge in [0.25, 0.3) is 5.91 Å². The van der Waals surface area contributed by atoms with Gasteiger partial charge in [0.1, 0.15) is 0 Å². The van der Waals surface area contributed by atoms with Gasteiger partial charge in [-0.05, 0) is 48.7 Å². The average molecular weight is 601 g/mol. The predicted octanol–water partition coefficient (Wildman–Crippen LogP) is 7.33. The third kappa shape index (κ3) is 8.12. The number of benzene rings is 2. The van der Waals surface area contributed by atoms with Gasteiger partial charge >= 0.3 is 0 Å². The van der Waals surface area contributed by atoms with E-state index in [1.165, 1.54) is 17.8 Å². The van der Waals surface area contributed by atoms with E-state index in [2.05, 4.69) is 27.4 Å². The van der Waals surface area contributed by atoms with Gasteiger partial charge in [-0.2, -0.15) is 0 Å². The van der Waals surface area contributed by atoms with E-state index in [9.17, 15) is 9.59 Å². The van der Waals surface area contributed by atoms with Gasteiger partial charge < -0.3 is 15.2 Å². The molecule has 2 amide bonds. The van der Waals surface area contributed by atoms with E-state index in [4.69, 9.17) is 46.4 Å². The van der Waals surface area contributed by atoms with Crippen LogP contribution in [-0.4, -0.2) is 32.3 Å². The fourth-order valence-corrected chi connectivity index (χ4v) is 5.02. The summed E-state index contributed by atoms with van der Waals surface area (Å²) < 4.78 is 1.83. The molecule has 7 nitrogen and oxygen atoms in total. The molecule has 0 aliphatic carbocycles. The van der Waals surface area contributed by atoms with Crippen molar-refractivity contribution in [3.63, 3.8) is 0 Å². The van der Waals surface area contributed by atoms with Gasteiger partial charge in [0, 0.05) is 17.3 Å². The second-order valence-corrected chi connectivity index (χ2v) is 11.1. The lowest BCUT2D eigenvalue weighted by Crippen LogP contribution is -2.32. The van der Waals surface area contributed by atoms with Crippen LogP contribution in [0.1, 0.15) is 42.5 Å². The number of nitrogens with one attached hydrogen (secondary N) is 2. The zero-order chi connectivity index (χ0) is 27.1. The Kier molecular flexibility index (Phi) is 10.7. The number of hydrogen-bond donors (Lipinski definition) is 2. The summed E-state index contributed by atoms with van der Waals surface area (Å²) >= 11 is 25.4. The van der Waals surface area contributed by atoms with Crippen molar-refractivity contribution >= 4 is 75.7 Å². The highest BCUT2D eigenvalue weighted by Gasteiger charge is 2.25. The zero-order valence-corrected chi connectivity index (χ0v) is 23.9. The fourth-order valence-electron chi connectivity index (χ4n) is 3.48. The summed E-state index contributed by atoms with van der Waals surface area (Å²) in [7, 11) is 0. The van der Waals surface area contributed by atoms with Crippen LogP contribution in [0.4, 0.5) is 5.69 Å². The van der Waals surface area contributed by atoms with E-state index >= 15 is 0 Å². The molecular weight excluding hydrogens is 576 g/mol. The summed E-state index contributed by atoms with van der Waals surface area (Å²) in [6, 6.07) is 9.11. The lowest BCUT2D eigenvalue weighted by Gasteiger charge is -2.21. The maximum atomic E-state index is 13.1. The number of carbonyl (C=O) groups excluding carboxylic acids is 2. The Balaban J connectivity index is 1.78. The van der Waals surface area contributed by atoms with Crippen molar-refractivity contribution in [2.24, 2.45) is 5.92 Å². The third-order valence-corrected chi connectivity index (χ3v) is 7.35. The molecule has 1 aromatic heterocycles. The number of halogens is 4. The molecule has 12 heteroatoms. The van der Waals surface area contributed by atoms with Gasteiger partial charge in [-0.3, -0.25) is 9.59 Å². The second kappa shape index (κ2) is 13.5. The van der Waals surface area contributed by atoms with E-state index < -0.39 is 6.04 Å². The smallest absolute Gasteiger partial charge is 0.253 e. The van der Waals surface area contributed by atoms with Gasteiger partial charge in [0.05, 0.1) is 32.4 Å². The molecule has 0 unspecified atom stereocenters. The van der Waals surface area contributed by atoms with Crippen molar-refractivity contribution in [3.8, 4) is 0 Å². The second-order valence-electron chi connectivity index (χ2n) is 8.49. The van der Waals surface area contributed by atoms with Crippen LogP contribution >= 0.6 is 58.2 Å². The van der Waals surface area contributed by atoms with E-state index in [1.807, 2.05) is 18.4 Å². The minimum atomic E-state index is -0.453. The molecule has 0 aliphatic heterocycles. The SMILES string of the molecule is C=CCn1c(SCC(=O)Nc2ccc(Cl)c(Cl)c2)nnc1[C@H](CC(C)C)NC(=O)c1ccc(Cl)cc1Cl. The van der Waals surface area contributed by atoms with Gasteiger partial charge in [-0.15, -0.1) is 16.8 Å². The van der Waals surface area contributed by atoms with E-state index in [0.29, 0.717) is 50.3 Å². The molecular formula is C25H25Cl4N5O2S. The van der Waals surface area contributed by atoms with Crippen LogP contribution < -0.4 is 10.6 Å². The first kappa shape index (κ1) is 29.3. The Morgan fingerprint density at radius 1 is 1.05 bits per heavy atom. The lowest BCUT2D eigenvalue weighted by atomic mass is 10.0. The Morgan fingerprint density at radius 3 is 2.46 bits per heavy atom. The van der Waals surface area contributed by atoms with Crippen LogP contribution in [0.25, 0.3) is 0 Å². The van der Waals surface area contributed by atoms with Crippen molar-refractivity contribution in [1.29, 1.82) is 0 Å². The van der Waals surface area contributed by atoms with Crippen molar-refractivity contribution in [2.45, 2.75) is 38.0 Å². The summed E-state index contributed by atoms with van der Waals surface area (Å²) in [5, 5.41) is 16.4. The molecule has 0 bridgehead atoms. The quantitative estimate of drug-likeness (QED) is 0.178. The molecule has 2 aromatic carbocycles. The van der Waals surface area contributed by atoms with Crippen LogP contribution in [0, 0.1) is 5.92 Å². The molecule has 0 saturated carbocycles. The lowest BCUT2D eigenvalue weighted by molar-refractivity contribution is -0.113. The Bertz CT molecular complexity index is 1300. The number of carbonyl (C=O) groups is 2. The molecule has 0 radical (unpaired) electrons. The van der Waals surface area contributed by atoms with E-state index in [-0.39, 0.29) is 28.5 Å². The maximum absolute atomic E-state index is 13.1. The van der Waals surface area contributed by atoms with Crippen LogP contribution in [0.15, 0.2) is 54.2 Å². The van der Waals surface area contributed by atoms with Crippen molar-refractivity contribution < 1.29 is 9.59 Å². The monoisotopic (exact) mass is 599 g/mol. The molecule has 0 spiro atoms. The number of thioether (sulfide) groups is 1. The molecule has 0 fully saturated rings. The number of anilines is 1. The summed E-state index contributed by atoms with van der Waals surface area (Å²) in [4.78, 5) is 25.6. The summed E-state index contributed by atoms with van der Waals surface area (Å²) in [5.41, 5.74) is 0.844. The maximum Gasteiger partial charge on any atom is 0.253 e. The molecule has 1 atom stereocenters. The highest BCUT2D eigenvalue weighted by atomic mass is 35.5. The van der Waals surface area contributed by atoms with Crippen LogP contribution in [-0.2, 0) is 11.3 Å². The van der Waals surface area contributed by atoms with Crippen molar-refractivity contribution in [3.05, 3.63) is 80.5 Å². The first-order valence-corrected chi connectivity index (χ1v) is 13.8. The summed E-state index contributed by atoms with van der Waals surface area (Å²) in [6.45, 7) is 8.32. The van der Waals surface area contributed by atoms with Crippen molar-refractivity contribution in [1.82, 2.24) is 20.1 Å². The Hall–Kier alpha value is -2.23. The summed E-state index contributed by atoms with van der Waals surface area (Å²) in [5.74, 6) is 0.280. The molecule has 0 aliphatic rings. The molecule has 37 heavy (non-hydrogen) atoms. The first-order valence-electron chi connectivity index (χ1n) is 11.3. The molecule has 3 rings (SSSR count). The Morgan fingerprint density at radius 2 is 1.81 bits per heavy atom. The van der Waals surface area contributed by atoms with Crippen LogP contribution in [0.2, 0.25) is 20.1 Å². The van der Waals surface area contributed by atoms with Gasteiger partial charge in [0.15, 0.2) is 11.0 Å². The predicted molar refractivity (Wildman–Crippen MR) is 152 cm³/mol. The third-order valence-electron chi connectivity index (χ3n) is 5.09. The molecule has 0 saturated heterocycles. The van der Waals surface area contributed by atoms with Crippen LogP contribution in [0.5, 0.6) is 0 Å². The minimum absolute atomic E-state index is 0.0805. The fraction of sp³-hybridized carbons (Fsp3) is 0.280. The number of amides is 2. The topological polar surface area (TPSA) is 88.9 Å². The van der Waals surface area contributed by atoms with Gasteiger partial charge in [-0.1, -0.05) is 78.1 Å². The number of hydrogen-bond acceptors (Lipinski definition) is 5. The number of allylic oxidation sites excluding steroid dienone is 1. The highest BCUT2D eigenvalue weighted by molar-refractivity contribution is 7.99. The zero-order valence-electron chi connectivity index (χ0n) is 20.1. The average Bonchev–Trinajstić information content (AvgIpc) is 3.22. The number of aromatic nitrogens is 3. The molecule has 2 N–H and O–H groups in total. The van der Waals surface area contributed by atoms with Crippen LogP contribution in [0.3, 0.4) is 0 Å². The minimum Gasteiger partial charge on any atom is -0.342 e. The number of rotatable bonds is 11. The molecule has 196 valence electrons. The van der Waals surface area contributed by atoms with Gasteiger partial charge in [-0.25, -0.2) is 0 Å². The summed E-state index contributed by atoms with van der Waals surface area (Å²) in [6.07, 6.45) is 2.31. The molecule has 3 aromatic rings. The number of nitrogens with zero attached hydrogens (tertiary/aromatic N) is 3. The van der Waals surface area contributed by atoms with Crippen molar-refractivity contribution in [2.75, 3.05) is 11.1 Å². The van der Waals surface area contributed by atoms with E-state index in [0.717, 1.165) is 0 Å². The molecule has 1 heterocycles. The van der Waals surface area contributed by atoms with Gasteiger partial charge in [0.2, 0.25) is 5.91 Å². The van der Waals surface area contributed by atoms with E-state index in [1.54, 1.807) is 36.4 Å². The first-order chi connectivity index (χ1) is 17.6. The standard InChI is InChI=1S/C25H25Cl4N5O2S/c1-4-9-34-23(21(10-14(2)3)31-24(36)17-7-5-15(26)11-19(17)28)32-33-25(34)37-13-22(35)30-16-6-8-18(27)20(29)12-16/h4-8,11-12,14,21H,1,9-10,13H2,2-3H3,(H,30,35)(H,31,36)/t21-/m0/s1. The highest BCUT2D eigenvalue weighted by Crippen LogP contribution is 2.28. The Labute approximate surface area is 239 Å². The normalized spacial score (nSPS) is 11.9.